The molecule has 0 aliphatic carbocycles. The third-order valence-electron chi connectivity index (χ3n) is 4.10. The predicted molar refractivity (Wildman–Crippen MR) is 95.8 cm³/mol. The van der Waals surface area contributed by atoms with E-state index >= 15 is 0 Å². The van der Waals surface area contributed by atoms with Gasteiger partial charge >= 0.3 is 0 Å². The molecule has 0 saturated carbocycles. The molecule has 0 aliphatic heterocycles. The minimum Gasteiger partial charge on any atom is -0.417 e. The maximum atomic E-state index is 11.8. The second-order valence-corrected chi connectivity index (χ2v) is 11.8. The van der Waals surface area contributed by atoms with Crippen molar-refractivity contribution in [2.45, 2.75) is 45.3 Å². The zero-order valence-corrected chi connectivity index (χ0v) is 15.7. The summed E-state index contributed by atoms with van der Waals surface area (Å²) in [5.41, 5.74) is 0.468. The van der Waals surface area contributed by atoms with Crippen LogP contribution in [0.15, 0.2) is 42.5 Å². The molecule has 2 amide bonds. The fourth-order valence-electron chi connectivity index (χ4n) is 1.60. The van der Waals surface area contributed by atoms with Crippen molar-refractivity contribution in [3.63, 3.8) is 0 Å². The number of amides is 2. The first-order valence-electron chi connectivity index (χ1n) is 7.84. The second-order valence-electron chi connectivity index (χ2n) is 6.98. The Kier molecular flexibility index (Phi) is 6.91. The summed E-state index contributed by atoms with van der Waals surface area (Å²) in [6.45, 7) is 11.6. The van der Waals surface area contributed by atoms with Crippen molar-refractivity contribution in [2.75, 3.05) is 6.61 Å². The molecule has 4 nitrogen and oxygen atoms in total. The summed E-state index contributed by atoms with van der Waals surface area (Å²) < 4.78 is 6.02. The Morgan fingerprint density at radius 1 is 1.17 bits per heavy atom. The van der Waals surface area contributed by atoms with Crippen molar-refractivity contribution in [2.24, 2.45) is 0 Å². The molecule has 0 aromatic heterocycles. The summed E-state index contributed by atoms with van der Waals surface area (Å²) >= 11 is 0. The van der Waals surface area contributed by atoms with E-state index in [1.54, 1.807) is 30.3 Å². The Labute approximate surface area is 140 Å². The quantitative estimate of drug-likeness (QED) is 0.488. The molecule has 1 aromatic rings. The van der Waals surface area contributed by atoms with Gasteiger partial charge in [-0.25, -0.2) is 0 Å². The molecule has 0 unspecified atom stereocenters. The maximum Gasteiger partial charge on any atom is 0.258 e. The summed E-state index contributed by atoms with van der Waals surface area (Å²) in [5.74, 6) is -0.802. The Morgan fingerprint density at radius 2 is 1.78 bits per heavy atom. The van der Waals surface area contributed by atoms with E-state index < -0.39 is 20.1 Å². The largest absolute Gasteiger partial charge is 0.417 e. The average Bonchev–Trinajstić information content (AvgIpc) is 2.46. The second kappa shape index (κ2) is 8.22. The van der Waals surface area contributed by atoms with E-state index in [1.165, 1.54) is 6.08 Å². The highest BCUT2D eigenvalue weighted by molar-refractivity contribution is 6.74. The number of imide groups is 1. The van der Waals surface area contributed by atoms with Crippen LogP contribution in [0.2, 0.25) is 18.1 Å². The molecule has 23 heavy (non-hydrogen) atoms. The summed E-state index contributed by atoms with van der Waals surface area (Å²) in [5, 5.41) is 2.51. The SMILES string of the molecule is CC(C)(C)[Si](C)(C)OCC/C=C/C(=O)NC(=O)c1ccccc1. The molecule has 1 N–H and O–H groups in total. The molecule has 0 atom stereocenters. The van der Waals surface area contributed by atoms with Gasteiger partial charge in [0, 0.05) is 12.2 Å². The van der Waals surface area contributed by atoms with Crippen LogP contribution in [0.5, 0.6) is 0 Å². The zero-order valence-electron chi connectivity index (χ0n) is 14.7. The molecular formula is C18H27NO3Si. The fourth-order valence-corrected chi connectivity index (χ4v) is 2.67. The molecule has 1 rings (SSSR count). The van der Waals surface area contributed by atoms with Gasteiger partial charge in [-0.15, -0.1) is 0 Å². The number of nitrogens with one attached hydrogen (secondary N) is 1. The van der Waals surface area contributed by atoms with Crippen LogP contribution in [0.1, 0.15) is 37.6 Å². The number of carbonyl (C=O) groups is 2. The van der Waals surface area contributed by atoms with Crippen LogP contribution in [0.4, 0.5) is 0 Å². The summed E-state index contributed by atoms with van der Waals surface area (Å²) in [7, 11) is -1.74. The van der Waals surface area contributed by atoms with Crippen molar-refractivity contribution < 1.29 is 14.0 Å². The van der Waals surface area contributed by atoms with E-state index in [4.69, 9.17) is 4.43 Å². The lowest BCUT2D eigenvalue weighted by molar-refractivity contribution is -0.115. The first-order chi connectivity index (χ1) is 10.6. The number of hydrogen-bond donors (Lipinski definition) is 1. The first-order valence-corrected chi connectivity index (χ1v) is 10.8. The van der Waals surface area contributed by atoms with E-state index in [-0.39, 0.29) is 5.04 Å². The van der Waals surface area contributed by atoms with Gasteiger partial charge in [-0.1, -0.05) is 45.0 Å². The predicted octanol–water partition coefficient (Wildman–Crippen LogP) is 3.91. The normalized spacial score (nSPS) is 12.4. The molecule has 5 heteroatoms. The highest BCUT2D eigenvalue weighted by atomic mass is 28.4. The monoisotopic (exact) mass is 333 g/mol. The Morgan fingerprint density at radius 3 is 2.35 bits per heavy atom. The molecule has 126 valence electrons. The lowest BCUT2D eigenvalue weighted by Gasteiger charge is -2.36. The fraction of sp³-hybridized carbons (Fsp3) is 0.444. The zero-order chi connectivity index (χ0) is 17.5. The summed E-state index contributed by atoms with van der Waals surface area (Å²) in [6.07, 6.45) is 3.77. The number of carbonyl (C=O) groups excluding carboxylic acids is 2. The van der Waals surface area contributed by atoms with Crippen LogP contribution in [0, 0.1) is 0 Å². The van der Waals surface area contributed by atoms with Crippen LogP contribution in [0.3, 0.4) is 0 Å². The lowest BCUT2D eigenvalue weighted by atomic mass is 10.2. The number of rotatable bonds is 6. The van der Waals surface area contributed by atoms with Crippen molar-refractivity contribution in [3.8, 4) is 0 Å². The Bertz CT molecular complexity index is 559. The molecule has 0 bridgehead atoms. The van der Waals surface area contributed by atoms with Crippen LogP contribution in [-0.4, -0.2) is 26.7 Å². The van der Waals surface area contributed by atoms with Gasteiger partial charge in [-0.05, 0) is 42.8 Å². The third-order valence-corrected chi connectivity index (χ3v) is 8.63. The van der Waals surface area contributed by atoms with Crippen LogP contribution in [0.25, 0.3) is 0 Å². The first kappa shape index (κ1) is 19.3. The summed E-state index contributed by atoms with van der Waals surface area (Å²) in [6, 6.07) is 8.67. The minimum atomic E-state index is -1.74. The minimum absolute atomic E-state index is 0.177. The van der Waals surface area contributed by atoms with E-state index in [0.29, 0.717) is 18.6 Å². The standard InChI is InChI=1S/C18H27NO3Si/c1-18(2,3)23(4,5)22-14-10-9-13-16(20)19-17(21)15-11-7-6-8-12-15/h6-9,11-13H,10,14H2,1-5H3,(H,19,20,21)/b13-9+. The van der Waals surface area contributed by atoms with Crippen LogP contribution >= 0.6 is 0 Å². The lowest BCUT2D eigenvalue weighted by Crippen LogP contribution is -2.40. The third kappa shape index (κ3) is 6.50. The van der Waals surface area contributed by atoms with Gasteiger partial charge < -0.3 is 4.43 Å². The highest BCUT2D eigenvalue weighted by Crippen LogP contribution is 2.36. The smallest absolute Gasteiger partial charge is 0.258 e. The van der Waals surface area contributed by atoms with Gasteiger partial charge in [0.05, 0.1) is 0 Å². The molecule has 0 aliphatic rings. The number of hydrogen-bond acceptors (Lipinski definition) is 3. The van der Waals surface area contributed by atoms with Crippen molar-refractivity contribution >= 4 is 20.1 Å². The molecule has 0 radical (unpaired) electrons. The van der Waals surface area contributed by atoms with Crippen LogP contribution < -0.4 is 5.32 Å². The molecule has 1 aromatic carbocycles. The van der Waals surface area contributed by atoms with Crippen LogP contribution in [-0.2, 0) is 9.22 Å². The van der Waals surface area contributed by atoms with Crippen molar-refractivity contribution in [3.05, 3.63) is 48.0 Å². The van der Waals surface area contributed by atoms with E-state index in [1.807, 2.05) is 6.07 Å². The van der Waals surface area contributed by atoms with Gasteiger partial charge in [0.15, 0.2) is 8.32 Å². The molecule has 0 heterocycles. The molecule has 0 spiro atoms. The molecular weight excluding hydrogens is 306 g/mol. The van der Waals surface area contributed by atoms with Gasteiger partial charge in [0.25, 0.3) is 5.91 Å². The Balaban J connectivity index is 2.35. The van der Waals surface area contributed by atoms with Gasteiger partial charge in [0.2, 0.25) is 5.91 Å². The van der Waals surface area contributed by atoms with E-state index in [0.717, 1.165) is 0 Å². The van der Waals surface area contributed by atoms with Gasteiger partial charge in [0.1, 0.15) is 0 Å². The van der Waals surface area contributed by atoms with Crippen molar-refractivity contribution in [1.82, 2.24) is 5.32 Å². The molecule has 0 saturated heterocycles. The molecule has 0 fully saturated rings. The van der Waals surface area contributed by atoms with E-state index in [9.17, 15) is 9.59 Å². The van der Waals surface area contributed by atoms with E-state index in [2.05, 4.69) is 39.2 Å². The maximum absolute atomic E-state index is 11.8. The van der Waals surface area contributed by atoms with Gasteiger partial charge in [-0.3, -0.25) is 14.9 Å². The average molecular weight is 334 g/mol. The van der Waals surface area contributed by atoms with Crippen molar-refractivity contribution in [1.29, 1.82) is 0 Å². The number of benzene rings is 1. The highest BCUT2D eigenvalue weighted by Gasteiger charge is 2.36. The summed E-state index contributed by atoms with van der Waals surface area (Å²) in [4.78, 5) is 23.5. The Hall–Kier alpha value is -1.72. The topological polar surface area (TPSA) is 55.4 Å². The van der Waals surface area contributed by atoms with Gasteiger partial charge in [-0.2, -0.15) is 0 Å².